The summed E-state index contributed by atoms with van der Waals surface area (Å²) in [6, 6.07) is 14.7. The van der Waals surface area contributed by atoms with Crippen LogP contribution in [-0.2, 0) is 6.54 Å². The van der Waals surface area contributed by atoms with Gasteiger partial charge in [0.05, 0.1) is 22.7 Å². The topological polar surface area (TPSA) is 49.4 Å². The van der Waals surface area contributed by atoms with E-state index >= 15 is 0 Å². The highest BCUT2D eigenvalue weighted by molar-refractivity contribution is 7.12. The number of para-hydroxylation sites is 1. The summed E-state index contributed by atoms with van der Waals surface area (Å²) in [6.45, 7) is 3.13. The Balaban J connectivity index is 1.81. The number of carbonyl (C=O) groups excluding carboxylic acids is 2. The lowest BCUT2D eigenvalue weighted by molar-refractivity contribution is 0.0755. The molecule has 0 aliphatic rings. The Bertz CT molecular complexity index is 842. The third-order valence-electron chi connectivity index (χ3n) is 3.75. The van der Waals surface area contributed by atoms with E-state index in [4.69, 9.17) is 0 Å². The summed E-state index contributed by atoms with van der Waals surface area (Å²) in [6.07, 6.45) is 0. The molecule has 0 unspecified atom stereocenters. The number of hydrogen-bond acceptors (Lipinski definition) is 4. The van der Waals surface area contributed by atoms with Gasteiger partial charge in [-0.05, 0) is 41.9 Å². The zero-order valence-corrected chi connectivity index (χ0v) is 15.4. The second kappa shape index (κ2) is 8.09. The molecule has 25 heavy (non-hydrogen) atoms. The molecular formula is C19H18N2O2S2. The number of nitrogens with one attached hydrogen (secondary N) is 1. The largest absolute Gasteiger partial charge is 0.334 e. The average Bonchev–Trinajstić information content (AvgIpc) is 3.33. The van der Waals surface area contributed by atoms with Crippen molar-refractivity contribution in [2.75, 3.05) is 11.9 Å². The maximum atomic E-state index is 13.0. The van der Waals surface area contributed by atoms with Crippen LogP contribution in [0.2, 0.25) is 0 Å². The minimum absolute atomic E-state index is 0.0852. The number of carbonyl (C=O) groups is 2. The molecule has 0 fully saturated rings. The van der Waals surface area contributed by atoms with Gasteiger partial charge in [0.2, 0.25) is 0 Å². The van der Waals surface area contributed by atoms with Crippen molar-refractivity contribution in [3.63, 3.8) is 0 Å². The fourth-order valence-corrected chi connectivity index (χ4v) is 3.80. The minimum Gasteiger partial charge on any atom is -0.334 e. The Kier molecular flexibility index (Phi) is 5.63. The van der Waals surface area contributed by atoms with Crippen molar-refractivity contribution in [1.82, 2.24) is 4.90 Å². The molecule has 0 spiro atoms. The standard InChI is InChI=1S/C19H18N2O2S2/c1-2-21(13-14-7-5-11-24-14)19(23)15-8-3-4-9-16(15)20-18(22)17-10-6-12-25-17/h3-12H,2,13H2,1H3,(H,20,22). The molecule has 0 aliphatic carbocycles. The summed E-state index contributed by atoms with van der Waals surface area (Å²) >= 11 is 3.00. The minimum atomic E-state index is -0.198. The second-order valence-corrected chi connectivity index (χ2v) is 7.36. The molecule has 0 saturated carbocycles. The SMILES string of the molecule is CCN(Cc1cccs1)C(=O)c1ccccc1NC(=O)c1cccs1. The van der Waals surface area contributed by atoms with Crippen LogP contribution in [0.25, 0.3) is 0 Å². The van der Waals surface area contributed by atoms with Gasteiger partial charge in [0.25, 0.3) is 11.8 Å². The lowest BCUT2D eigenvalue weighted by Crippen LogP contribution is -2.31. The lowest BCUT2D eigenvalue weighted by atomic mass is 10.1. The molecule has 0 aliphatic heterocycles. The smallest absolute Gasteiger partial charge is 0.265 e. The molecule has 4 nitrogen and oxygen atoms in total. The third kappa shape index (κ3) is 4.15. The Labute approximate surface area is 154 Å². The first kappa shape index (κ1) is 17.4. The zero-order chi connectivity index (χ0) is 17.6. The Morgan fingerprint density at radius 1 is 1.00 bits per heavy atom. The molecule has 128 valence electrons. The average molecular weight is 370 g/mol. The van der Waals surface area contributed by atoms with Crippen LogP contribution in [0.4, 0.5) is 5.69 Å². The van der Waals surface area contributed by atoms with Crippen molar-refractivity contribution in [2.45, 2.75) is 13.5 Å². The van der Waals surface area contributed by atoms with Gasteiger partial charge in [-0.25, -0.2) is 0 Å². The molecule has 2 heterocycles. The summed E-state index contributed by atoms with van der Waals surface area (Å²) in [7, 11) is 0. The number of amides is 2. The Morgan fingerprint density at radius 3 is 2.44 bits per heavy atom. The molecule has 3 aromatic rings. The highest BCUT2D eigenvalue weighted by Gasteiger charge is 2.19. The molecule has 0 radical (unpaired) electrons. The molecule has 2 amide bonds. The van der Waals surface area contributed by atoms with Crippen molar-refractivity contribution < 1.29 is 9.59 Å². The fourth-order valence-electron chi connectivity index (χ4n) is 2.46. The lowest BCUT2D eigenvalue weighted by Gasteiger charge is -2.21. The van der Waals surface area contributed by atoms with Gasteiger partial charge in [0.1, 0.15) is 0 Å². The first-order chi connectivity index (χ1) is 12.2. The van der Waals surface area contributed by atoms with Gasteiger partial charge >= 0.3 is 0 Å². The maximum Gasteiger partial charge on any atom is 0.265 e. The van der Waals surface area contributed by atoms with Crippen molar-refractivity contribution >= 4 is 40.2 Å². The summed E-state index contributed by atoms with van der Waals surface area (Å²) in [5, 5.41) is 6.71. The van der Waals surface area contributed by atoms with E-state index < -0.39 is 0 Å². The number of nitrogens with zero attached hydrogens (tertiary/aromatic N) is 1. The van der Waals surface area contributed by atoms with Crippen molar-refractivity contribution in [1.29, 1.82) is 0 Å². The second-order valence-electron chi connectivity index (χ2n) is 5.38. The van der Waals surface area contributed by atoms with E-state index in [1.54, 1.807) is 34.4 Å². The third-order valence-corrected chi connectivity index (χ3v) is 5.48. The van der Waals surface area contributed by atoms with Crippen LogP contribution in [0.5, 0.6) is 0 Å². The summed E-state index contributed by atoms with van der Waals surface area (Å²) in [5.74, 6) is -0.283. The highest BCUT2D eigenvalue weighted by Crippen LogP contribution is 2.21. The van der Waals surface area contributed by atoms with Crippen LogP contribution >= 0.6 is 22.7 Å². The van der Waals surface area contributed by atoms with E-state index in [0.29, 0.717) is 29.2 Å². The normalized spacial score (nSPS) is 10.4. The molecule has 3 rings (SSSR count). The monoisotopic (exact) mass is 370 g/mol. The predicted molar refractivity (Wildman–Crippen MR) is 103 cm³/mol. The molecule has 2 aromatic heterocycles. The van der Waals surface area contributed by atoms with Gasteiger partial charge in [-0.3, -0.25) is 9.59 Å². The summed E-state index contributed by atoms with van der Waals surface area (Å²) in [4.78, 5) is 28.8. The number of hydrogen-bond donors (Lipinski definition) is 1. The van der Waals surface area contributed by atoms with E-state index in [2.05, 4.69) is 5.32 Å². The van der Waals surface area contributed by atoms with Gasteiger partial charge in [-0.2, -0.15) is 0 Å². The van der Waals surface area contributed by atoms with Crippen molar-refractivity contribution in [2.24, 2.45) is 0 Å². The summed E-state index contributed by atoms with van der Waals surface area (Å²) in [5.41, 5.74) is 1.04. The van der Waals surface area contributed by atoms with E-state index in [9.17, 15) is 9.59 Å². The number of thiophene rings is 2. The fraction of sp³-hybridized carbons (Fsp3) is 0.158. The summed E-state index contributed by atoms with van der Waals surface area (Å²) < 4.78 is 0. The predicted octanol–water partition coefficient (Wildman–Crippen LogP) is 4.72. The molecule has 0 bridgehead atoms. The maximum absolute atomic E-state index is 13.0. The highest BCUT2D eigenvalue weighted by atomic mass is 32.1. The van der Waals surface area contributed by atoms with Crippen LogP contribution in [0, 0.1) is 0 Å². The van der Waals surface area contributed by atoms with E-state index in [1.165, 1.54) is 11.3 Å². The van der Waals surface area contributed by atoms with Crippen LogP contribution in [0.1, 0.15) is 31.8 Å². The van der Waals surface area contributed by atoms with E-state index in [-0.39, 0.29) is 11.8 Å². The van der Waals surface area contributed by atoms with Gasteiger partial charge in [0, 0.05) is 11.4 Å². The van der Waals surface area contributed by atoms with Gasteiger partial charge in [-0.15, -0.1) is 22.7 Å². The first-order valence-corrected chi connectivity index (χ1v) is 9.70. The zero-order valence-electron chi connectivity index (χ0n) is 13.8. The van der Waals surface area contributed by atoms with Crippen LogP contribution in [-0.4, -0.2) is 23.3 Å². The van der Waals surface area contributed by atoms with Gasteiger partial charge in [-0.1, -0.05) is 24.3 Å². The van der Waals surface area contributed by atoms with Crippen LogP contribution in [0.3, 0.4) is 0 Å². The van der Waals surface area contributed by atoms with Crippen LogP contribution in [0.15, 0.2) is 59.3 Å². The number of benzene rings is 1. The molecule has 0 saturated heterocycles. The quantitative estimate of drug-likeness (QED) is 0.682. The van der Waals surface area contributed by atoms with E-state index in [0.717, 1.165) is 4.88 Å². The Morgan fingerprint density at radius 2 is 1.76 bits per heavy atom. The van der Waals surface area contributed by atoms with Crippen molar-refractivity contribution in [3.8, 4) is 0 Å². The molecule has 1 N–H and O–H groups in total. The molecule has 1 aromatic carbocycles. The van der Waals surface area contributed by atoms with Gasteiger partial charge < -0.3 is 10.2 Å². The Hall–Kier alpha value is -2.44. The van der Waals surface area contributed by atoms with Crippen LogP contribution < -0.4 is 5.32 Å². The van der Waals surface area contributed by atoms with E-state index in [1.807, 2.05) is 48.0 Å². The molecule has 6 heteroatoms. The molecule has 0 atom stereocenters. The number of rotatable bonds is 6. The van der Waals surface area contributed by atoms with Gasteiger partial charge in [0.15, 0.2) is 0 Å². The van der Waals surface area contributed by atoms with Crippen molar-refractivity contribution in [3.05, 3.63) is 74.6 Å². The number of anilines is 1. The first-order valence-electron chi connectivity index (χ1n) is 7.94. The molecular weight excluding hydrogens is 352 g/mol.